The molecule has 12 heteroatoms. The van der Waals surface area contributed by atoms with Gasteiger partial charge in [-0.15, -0.1) is 41.7 Å². The van der Waals surface area contributed by atoms with Crippen LogP contribution >= 0.6 is 0 Å². The van der Waals surface area contributed by atoms with Crippen LogP contribution in [0.5, 0.6) is 0 Å². The van der Waals surface area contributed by atoms with Crippen molar-refractivity contribution in [1.82, 2.24) is 29.5 Å². The van der Waals surface area contributed by atoms with Gasteiger partial charge in [0, 0.05) is 50.2 Å². The van der Waals surface area contributed by atoms with Crippen molar-refractivity contribution in [2.75, 3.05) is 23.9 Å². The monoisotopic (exact) mass is 729 g/mol. The first-order valence-corrected chi connectivity index (χ1v) is 12.1. The number of aryl methyl sites for hydroxylation is 2. The predicted octanol–water partition coefficient (Wildman–Crippen LogP) is 4.53. The van der Waals surface area contributed by atoms with Gasteiger partial charge in [0.2, 0.25) is 0 Å². The number of imidazole rings is 1. The van der Waals surface area contributed by atoms with Gasteiger partial charge in [0.15, 0.2) is 0 Å². The number of nitrogens with zero attached hydrogens (tertiary/aromatic N) is 9. The first-order valence-electron chi connectivity index (χ1n) is 12.1. The number of hydrogen-bond donors (Lipinski definition) is 0. The van der Waals surface area contributed by atoms with E-state index in [0.717, 1.165) is 29.2 Å². The second-order valence-corrected chi connectivity index (χ2v) is 9.20. The smallest absolute Gasteiger partial charge is 0.108 e. The number of aromatic nitrogens is 4. The summed E-state index contributed by atoms with van der Waals surface area (Å²) in [7, 11) is 5.69. The molecule has 2 aliphatic heterocycles. The van der Waals surface area contributed by atoms with Gasteiger partial charge >= 0.3 is 0 Å². The van der Waals surface area contributed by atoms with Crippen molar-refractivity contribution in [2.45, 2.75) is 6.92 Å². The van der Waals surface area contributed by atoms with Gasteiger partial charge in [0.05, 0.1) is 6.07 Å². The van der Waals surface area contributed by atoms with Crippen molar-refractivity contribution in [3.8, 4) is 28.8 Å². The number of nitriles is 1. The van der Waals surface area contributed by atoms with E-state index in [4.69, 9.17) is 0 Å². The zero-order chi connectivity index (χ0) is 28.4. The SMILES string of the molecule is CN1C=CN(c2[c-]c(N3C=CN(C)[CH-]3)cc(C#N)c2)[CH-]1.Cc1cc(-c2nc(-c3[c-]cc(F)cc3F)cn2C)[n-]n1.[Ir]. The van der Waals surface area contributed by atoms with Gasteiger partial charge in [-0.2, -0.15) is 18.6 Å². The van der Waals surface area contributed by atoms with Crippen LogP contribution < -0.4 is 14.9 Å². The van der Waals surface area contributed by atoms with Gasteiger partial charge < -0.3 is 34.4 Å². The van der Waals surface area contributed by atoms with Crippen LogP contribution in [0.25, 0.3) is 22.8 Å². The van der Waals surface area contributed by atoms with Crippen molar-refractivity contribution >= 4 is 11.4 Å². The molecule has 0 N–H and O–H groups in total. The molecular formula is C29H24F2IrN9-5. The Morgan fingerprint density at radius 2 is 1.59 bits per heavy atom. The van der Waals surface area contributed by atoms with E-state index in [-0.39, 0.29) is 25.7 Å². The molecule has 0 amide bonds. The van der Waals surface area contributed by atoms with Crippen molar-refractivity contribution in [2.24, 2.45) is 7.05 Å². The number of halogens is 2. The molecule has 0 aliphatic carbocycles. The largest absolute Gasteiger partial charge is 0.572 e. The quantitative estimate of drug-likeness (QED) is 0.284. The van der Waals surface area contributed by atoms with Crippen LogP contribution in [0.2, 0.25) is 0 Å². The summed E-state index contributed by atoms with van der Waals surface area (Å²) in [6.45, 7) is 5.70. The molecule has 2 aromatic carbocycles. The molecule has 2 aromatic heterocycles. The molecule has 4 heterocycles. The third kappa shape index (κ3) is 6.65. The van der Waals surface area contributed by atoms with E-state index in [1.54, 1.807) is 23.9 Å². The number of rotatable bonds is 4. The molecule has 0 fully saturated rings. The summed E-state index contributed by atoms with van der Waals surface area (Å²) < 4.78 is 28.4. The van der Waals surface area contributed by atoms with Gasteiger partial charge in [-0.25, -0.2) is 0 Å². The maximum atomic E-state index is 13.7. The second kappa shape index (κ2) is 12.4. The Bertz CT molecular complexity index is 1590. The van der Waals surface area contributed by atoms with Gasteiger partial charge in [0.1, 0.15) is 5.82 Å². The number of benzene rings is 2. The van der Waals surface area contributed by atoms with E-state index in [2.05, 4.69) is 33.4 Å². The van der Waals surface area contributed by atoms with E-state index < -0.39 is 11.6 Å². The van der Waals surface area contributed by atoms with E-state index in [0.29, 0.717) is 22.8 Å². The third-order valence-electron chi connectivity index (χ3n) is 5.94. The van der Waals surface area contributed by atoms with Crippen molar-refractivity contribution in [1.29, 1.82) is 5.26 Å². The molecule has 6 rings (SSSR count). The predicted molar refractivity (Wildman–Crippen MR) is 146 cm³/mol. The normalized spacial score (nSPS) is 13.8. The minimum atomic E-state index is -0.695. The second-order valence-electron chi connectivity index (χ2n) is 9.20. The Hall–Kier alpha value is -4.46. The van der Waals surface area contributed by atoms with Gasteiger partial charge in [-0.05, 0) is 52.0 Å². The summed E-state index contributed by atoms with van der Waals surface area (Å²) in [6, 6.07) is 15.4. The molecule has 1 radical (unpaired) electrons. The molecule has 0 bridgehead atoms. The molecule has 41 heavy (non-hydrogen) atoms. The van der Waals surface area contributed by atoms with Gasteiger partial charge in [-0.1, -0.05) is 29.0 Å². The van der Waals surface area contributed by atoms with Crippen molar-refractivity contribution in [3.05, 3.63) is 110 Å². The fraction of sp³-hybridized carbons (Fsp3) is 0.138. The summed E-state index contributed by atoms with van der Waals surface area (Å²) in [4.78, 5) is 12.1. The fourth-order valence-corrected chi connectivity index (χ4v) is 4.03. The van der Waals surface area contributed by atoms with Crippen LogP contribution in [0.15, 0.2) is 61.3 Å². The minimum Gasteiger partial charge on any atom is -0.572 e. The van der Waals surface area contributed by atoms with Gasteiger partial charge in [-0.3, -0.25) is 13.8 Å². The van der Waals surface area contributed by atoms with Crippen molar-refractivity contribution < 1.29 is 28.9 Å². The Morgan fingerprint density at radius 1 is 0.951 bits per heavy atom. The molecule has 0 spiro atoms. The summed E-state index contributed by atoms with van der Waals surface area (Å²) in [5.74, 6) is -0.794. The van der Waals surface area contributed by atoms with Crippen LogP contribution in [0.1, 0.15) is 11.3 Å². The zero-order valence-electron chi connectivity index (χ0n) is 22.5. The fourth-order valence-electron chi connectivity index (χ4n) is 4.03. The molecular weight excluding hydrogens is 705 g/mol. The maximum absolute atomic E-state index is 13.7. The molecule has 0 atom stereocenters. The average molecular weight is 729 g/mol. The Labute approximate surface area is 251 Å². The Morgan fingerprint density at radius 3 is 2.07 bits per heavy atom. The van der Waals surface area contributed by atoms with E-state index in [1.165, 1.54) is 0 Å². The molecule has 2 aliphatic rings. The Balaban J connectivity index is 0.000000184. The number of anilines is 2. The summed E-state index contributed by atoms with van der Waals surface area (Å²) in [6.07, 6.45) is 9.41. The van der Waals surface area contributed by atoms with E-state index >= 15 is 0 Å². The first-order chi connectivity index (χ1) is 19.2. The van der Waals surface area contributed by atoms with Crippen LogP contribution in [0.4, 0.5) is 20.2 Å². The topological polar surface area (TPSA) is 81.6 Å². The minimum absolute atomic E-state index is 0. The molecule has 9 nitrogen and oxygen atoms in total. The number of hydrogen-bond acceptors (Lipinski definition) is 7. The van der Waals surface area contributed by atoms with Crippen LogP contribution in [-0.4, -0.2) is 38.5 Å². The summed E-state index contributed by atoms with van der Waals surface area (Å²) in [5.41, 5.74) is 4.20. The van der Waals surface area contributed by atoms with Crippen molar-refractivity contribution in [3.63, 3.8) is 0 Å². The average Bonchev–Trinajstić information content (AvgIpc) is 3.73. The molecule has 213 valence electrons. The van der Waals surface area contributed by atoms with Crippen LogP contribution in [0, 0.1) is 55.4 Å². The van der Waals surface area contributed by atoms with Crippen LogP contribution in [-0.2, 0) is 27.2 Å². The maximum Gasteiger partial charge on any atom is 0.108 e. The Kier molecular flexibility index (Phi) is 8.91. The first kappa shape index (κ1) is 29.5. The standard InChI is InChI=1S/C15H14N5.C14H10F2N4.Ir/c1-17-3-5-19(11-17)14-7-13(10-16)8-15(9-14)20-6-4-18(2)12-20;1-8-5-12(19-18-8)14-17-13(7-20(14)2)10-4-3-9(15)6-11(10)16;/h3-8,11-12H,1-2H3;3,5-7H,1-2H3;/q-3;-2;. The molecule has 0 saturated carbocycles. The molecule has 0 saturated heterocycles. The molecule has 0 unspecified atom stereocenters. The van der Waals surface area contributed by atoms with Crippen LogP contribution in [0.3, 0.4) is 0 Å². The zero-order valence-corrected chi connectivity index (χ0v) is 24.9. The molecule has 4 aromatic rings. The van der Waals surface area contributed by atoms with Gasteiger partial charge in [0.25, 0.3) is 0 Å². The van der Waals surface area contributed by atoms with E-state index in [1.807, 2.05) is 90.9 Å². The van der Waals surface area contributed by atoms with E-state index in [9.17, 15) is 14.0 Å². The summed E-state index contributed by atoms with van der Waals surface area (Å²) in [5, 5.41) is 17.1. The summed E-state index contributed by atoms with van der Waals surface area (Å²) >= 11 is 0. The third-order valence-corrected chi connectivity index (χ3v) is 5.94.